The van der Waals surface area contributed by atoms with Gasteiger partial charge in [0, 0.05) is 12.6 Å². The van der Waals surface area contributed by atoms with E-state index in [-0.39, 0.29) is 5.60 Å². The molecule has 2 nitrogen and oxygen atoms in total. The lowest BCUT2D eigenvalue weighted by Gasteiger charge is -2.35. The van der Waals surface area contributed by atoms with E-state index in [9.17, 15) is 0 Å². The number of hydrogen-bond acceptors (Lipinski definition) is 2. The van der Waals surface area contributed by atoms with Crippen molar-refractivity contribution in [1.82, 2.24) is 5.32 Å². The lowest BCUT2D eigenvalue weighted by molar-refractivity contribution is -0.0377. The van der Waals surface area contributed by atoms with E-state index in [2.05, 4.69) is 39.6 Å². The molecule has 0 aromatic rings. The molecular formula is C13H27NO. The molecule has 1 unspecified atom stereocenters. The lowest BCUT2D eigenvalue weighted by Crippen LogP contribution is -2.48. The van der Waals surface area contributed by atoms with Gasteiger partial charge in [0.15, 0.2) is 0 Å². The molecule has 0 spiro atoms. The van der Waals surface area contributed by atoms with E-state index < -0.39 is 0 Å². The van der Waals surface area contributed by atoms with Gasteiger partial charge in [0.1, 0.15) is 0 Å². The maximum absolute atomic E-state index is 5.79. The van der Waals surface area contributed by atoms with Crippen LogP contribution in [0, 0.1) is 0 Å². The van der Waals surface area contributed by atoms with Gasteiger partial charge in [-0.15, -0.1) is 0 Å². The van der Waals surface area contributed by atoms with Gasteiger partial charge in [0.05, 0.1) is 5.60 Å². The van der Waals surface area contributed by atoms with Crippen LogP contribution in [-0.2, 0) is 4.74 Å². The lowest BCUT2D eigenvalue weighted by atomic mass is 9.91. The predicted octanol–water partition coefficient (Wildman–Crippen LogP) is 3.14. The summed E-state index contributed by atoms with van der Waals surface area (Å²) < 4.78 is 5.79. The van der Waals surface area contributed by atoms with E-state index in [1.54, 1.807) is 0 Å². The summed E-state index contributed by atoms with van der Waals surface area (Å²) in [5.41, 5.74) is 1.16. The summed E-state index contributed by atoms with van der Waals surface area (Å²) >= 11 is 0. The first kappa shape index (κ1) is 14.7. The van der Waals surface area contributed by atoms with Gasteiger partial charge >= 0.3 is 0 Å². The van der Waals surface area contributed by atoms with E-state index >= 15 is 0 Å². The van der Waals surface area contributed by atoms with Crippen LogP contribution in [0.3, 0.4) is 0 Å². The maximum atomic E-state index is 5.79. The highest BCUT2D eigenvalue weighted by Crippen LogP contribution is 2.21. The molecular weight excluding hydrogens is 186 g/mol. The number of hydrogen-bond donors (Lipinski definition) is 1. The van der Waals surface area contributed by atoms with E-state index in [1.165, 1.54) is 5.57 Å². The summed E-state index contributed by atoms with van der Waals surface area (Å²) in [7, 11) is 0. The Bertz CT molecular complexity index is 187. The second-order valence-electron chi connectivity index (χ2n) is 4.45. The van der Waals surface area contributed by atoms with Gasteiger partial charge in [-0.2, -0.15) is 0 Å². The minimum absolute atomic E-state index is 0.122. The van der Waals surface area contributed by atoms with Crippen molar-refractivity contribution in [2.75, 3.05) is 13.2 Å². The Balaban J connectivity index is 4.41. The van der Waals surface area contributed by atoms with Crippen molar-refractivity contribution in [3.63, 3.8) is 0 Å². The Morgan fingerprint density at radius 1 is 1.33 bits per heavy atom. The molecule has 0 saturated carbocycles. The topological polar surface area (TPSA) is 21.3 Å². The number of nitrogens with one attached hydrogen (secondary N) is 1. The Hall–Kier alpha value is -0.340. The number of rotatable bonds is 8. The molecule has 0 aromatic carbocycles. The van der Waals surface area contributed by atoms with Crippen LogP contribution >= 0.6 is 0 Å². The third-order valence-corrected chi connectivity index (χ3v) is 2.80. The second-order valence-corrected chi connectivity index (χ2v) is 4.45. The zero-order valence-electron chi connectivity index (χ0n) is 11.0. The molecule has 0 heterocycles. The van der Waals surface area contributed by atoms with Crippen LogP contribution in [0.5, 0.6) is 0 Å². The molecule has 2 heteroatoms. The smallest absolute Gasteiger partial charge is 0.0781 e. The minimum Gasteiger partial charge on any atom is -0.374 e. The standard InChI is InChI=1S/C13H27NO/c1-7-11(4)10-12(14-8-2)13(5,6)15-9-3/h12,14H,4,7-10H2,1-3,5-6H3. The molecule has 0 saturated heterocycles. The van der Waals surface area contributed by atoms with Crippen LogP contribution in [0.15, 0.2) is 12.2 Å². The molecule has 1 atom stereocenters. The Kier molecular flexibility index (Phi) is 6.86. The monoisotopic (exact) mass is 213 g/mol. The molecule has 0 fully saturated rings. The summed E-state index contributed by atoms with van der Waals surface area (Å²) in [6.45, 7) is 16.4. The van der Waals surface area contributed by atoms with Crippen LogP contribution in [-0.4, -0.2) is 24.8 Å². The van der Waals surface area contributed by atoms with E-state index in [4.69, 9.17) is 4.74 Å². The van der Waals surface area contributed by atoms with E-state index in [0.717, 1.165) is 26.0 Å². The number of likely N-dealkylation sites (N-methyl/N-ethyl adjacent to an activating group) is 1. The van der Waals surface area contributed by atoms with E-state index in [1.807, 2.05) is 6.92 Å². The van der Waals surface area contributed by atoms with Crippen LogP contribution < -0.4 is 5.32 Å². The van der Waals surface area contributed by atoms with Crippen LogP contribution in [0.1, 0.15) is 47.5 Å². The molecule has 1 N–H and O–H groups in total. The Morgan fingerprint density at radius 2 is 1.93 bits per heavy atom. The van der Waals surface area contributed by atoms with Crippen molar-refractivity contribution in [2.45, 2.75) is 59.1 Å². The summed E-state index contributed by atoms with van der Waals surface area (Å²) in [6, 6.07) is 0.356. The van der Waals surface area contributed by atoms with Crippen molar-refractivity contribution in [3.8, 4) is 0 Å². The zero-order valence-corrected chi connectivity index (χ0v) is 11.0. The van der Waals surface area contributed by atoms with Gasteiger partial charge in [-0.25, -0.2) is 0 Å². The summed E-state index contributed by atoms with van der Waals surface area (Å²) in [6.07, 6.45) is 2.04. The van der Waals surface area contributed by atoms with Gasteiger partial charge in [-0.1, -0.05) is 26.0 Å². The normalized spacial score (nSPS) is 13.9. The molecule has 0 rings (SSSR count). The highest BCUT2D eigenvalue weighted by atomic mass is 16.5. The molecule has 0 aliphatic carbocycles. The average molecular weight is 213 g/mol. The average Bonchev–Trinajstić information content (AvgIpc) is 2.16. The highest BCUT2D eigenvalue weighted by molar-refractivity contribution is 5.01. The summed E-state index contributed by atoms with van der Waals surface area (Å²) in [4.78, 5) is 0. The third-order valence-electron chi connectivity index (χ3n) is 2.80. The Labute approximate surface area is 95.1 Å². The SMILES string of the molecule is C=C(CC)CC(NCC)C(C)(C)OCC. The fraction of sp³-hybridized carbons (Fsp3) is 0.846. The van der Waals surface area contributed by atoms with Gasteiger partial charge in [0.25, 0.3) is 0 Å². The molecule has 0 aromatic heterocycles. The van der Waals surface area contributed by atoms with Gasteiger partial charge in [0.2, 0.25) is 0 Å². The van der Waals surface area contributed by atoms with Crippen molar-refractivity contribution >= 4 is 0 Å². The van der Waals surface area contributed by atoms with Crippen LogP contribution in [0.4, 0.5) is 0 Å². The van der Waals surface area contributed by atoms with Gasteiger partial charge < -0.3 is 10.1 Å². The quantitative estimate of drug-likeness (QED) is 0.625. The number of ether oxygens (including phenoxy) is 1. The van der Waals surface area contributed by atoms with Crippen LogP contribution in [0.25, 0.3) is 0 Å². The van der Waals surface area contributed by atoms with Gasteiger partial charge in [-0.05, 0) is 40.2 Å². The summed E-state index contributed by atoms with van der Waals surface area (Å²) in [5, 5.41) is 3.49. The molecule has 90 valence electrons. The molecule has 0 aliphatic rings. The van der Waals surface area contributed by atoms with E-state index in [0.29, 0.717) is 6.04 Å². The van der Waals surface area contributed by atoms with Crippen molar-refractivity contribution in [3.05, 3.63) is 12.2 Å². The fourth-order valence-electron chi connectivity index (χ4n) is 1.72. The first-order valence-electron chi connectivity index (χ1n) is 6.01. The Morgan fingerprint density at radius 3 is 2.33 bits per heavy atom. The largest absolute Gasteiger partial charge is 0.374 e. The highest BCUT2D eigenvalue weighted by Gasteiger charge is 2.29. The zero-order chi connectivity index (χ0) is 11.9. The van der Waals surface area contributed by atoms with Crippen molar-refractivity contribution in [1.29, 1.82) is 0 Å². The second kappa shape index (κ2) is 7.02. The maximum Gasteiger partial charge on any atom is 0.0781 e. The molecule has 15 heavy (non-hydrogen) atoms. The molecule has 0 amide bonds. The van der Waals surface area contributed by atoms with Gasteiger partial charge in [-0.3, -0.25) is 0 Å². The van der Waals surface area contributed by atoms with Crippen LogP contribution in [0.2, 0.25) is 0 Å². The third kappa shape index (κ3) is 5.33. The molecule has 0 bridgehead atoms. The van der Waals surface area contributed by atoms with Crippen molar-refractivity contribution in [2.24, 2.45) is 0 Å². The first-order chi connectivity index (χ1) is 6.97. The first-order valence-corrected chi connectivity index (χ1v) is 6.01. The summed E-state index contributed by atoms with van der Waals surface area (Å²) in [5.74, 6) is 0. The predicted molar refractivity (Wildman–Crippen MR) is 67.2 cm³/mol. The molecule has 0 aliphatic heterocycles. The fourth-order valence-corrected chi connectivity index (χ4v) is 1.72. The van der Waals surface area contributed by atoms with Crippen molar-refractivity contribution < 1.29 is 4.74 Å². The minimum atomic E-state index is -0.122. The molecule has 0 radical (unpaired) electrons.